The minimum atomic E-state index is -2.16. The topological polar surface area (TPSA) is 238 Å². The maximum atomic E-state index is 15.0. The standard InChI is InChI=1S/C68H46I8O19/c69-43-17-1-35(2-18-43)59(77)85-33-51-53(89-61(79)37-5-21-45(71)22-6-37)55(90-62(80)38-7-23-46(72)24-8-38)57(92-64(82)40-11-27-48(74)28-12-40)67(87-51)94-54-52(34-86-60(78)36-3-19-44(70)20-4-36)88-68(95-66(84)42-15-31-50(76)32-16-42)58(93-65(83)41-13-29-49(75)30-14-41)56(54)91-63(81)39-9-25-47(73)26-10-39/h1-32,51-58,67-68H,33-34H2/t51?,52?,53-,54+,55-,56-,57?,58?,67-,68?/m0/s1. The summed E-state index contributed by atoms with van der Waals surface area (Å²) in [6.07, 6.45) is -19.7. The number of halogens is 8. The van der Waals surface area contributed by atoms with E-state index in [-0.39, 0.29) is 44.5 Å². The monoisotopic (exact) mass is 2180 g/mol. The van der Waals surface area contributed by atoms with Gasteiger partial charge in [-0.05, 0) is 375 Å². The van der Waals surface area contributed by atoms with Crippen molar-refractivity contribution < 1.29 is 90.5 Å². The highest BCUT2D eigenvalue weighted by atomic mass is 127. The van der Waals surface area contributed by atoms with Crippen LogP contribution in [0.1, 0.15) is 82.9 Å². The van der Waals surface area contributed by atoms with Crippen molar-refractivity contribution in [3.05, 3.63) is 267 Å². The van der Waals surface area contributed by atoms with Gasteiger partial charge in [0.2, 0.25) is 12.4 Å². The van der Waals surface area contributed by atoms with Gasteiger partial charge in [0.05, 0.1) is 44.5 Å². The molecule has 19 nitrogen and oxygen atoms in total. The average molecular weight is 2180 g/mol. The molecule has 8 aromatic rings. The van der Waals surface area contributed by atoms with Crippen LogP contribution in [-0.2, 0) is 52.1 Å². The van der Waals surface area contributed by atoms with E-state index in [1.54, 1.807) is 97.1 Å². The molecular weight excluding hydrogens is 2140 g/mol. The Balaban J connectivity index is 1.16. The van der Waals surface area contributed by atoms with Crippen LogP contribution in [0, 0.1) is 28.6 Å². The highest BCUT2D eigenvalue weighted by molar-refractivity contribution is 14.1. The number of carbonyl (C=O) groups is 8. The lowest BCUT2D eigenvalue weighted by molar-refractivity contribution is -0.351. The van der Waals surface area contributed by atoms with Crippen molar-refractivity contribution in [3.63, 3.8) is 0 Å². The van der Waals surface area contributed by atoms with Crippen molar-refractivity contribution in [2.45, 2.75) is 61.4 Å². The number of ether oxygens (including phenoxy) is 11. The molecule has 2 aliphatic heterocycles. The van der Waals surface area contributed by atoms with Crippen LogP contribution >= 0.6 is 181 Å². The summed E-state index contributed by atoms with van der Waals surface area (Å²) in [4.78, 5) is 117. The van der Waals surface area contributed by atoms with Gasteiger partial charge in [0.1, 0.15) is 31.5 Å². The van der Waals surface area contributed by atoms with Gasteiger partial charge in [0.25, 0.3) is 0 Å². The minimum Gasteiger partial charge on any atom is -0.459 e. The van der Waals surface area contributed by atoms with Crippen LogP contribution in [0.4, 0.5) is 0 Å². The Morgan fingerprint density at radius 2 is 0.442 bits per heavy atom. The first-order chi connectivity index (χ1) is 45.6. The second-order valence-corrected chi connectivity index (χ2v) is 30.7. The molecule has 5 unspecified atom stereocenters. The molecule has 2 heterocycles. The van der Waals surface area contributed by atoms with Gasteiger partial charge in [-0.25, -0.2) is 38.4 Å². The Hall–Kier alpha value is -4.76. The zero-order valence-electron chi connectivity index (χ0n) is 48.4. The number of benzene rings is 8. The first-order valence-electron chi connectivity index (χ1n) is 28.2. The molecule has 2 saturated heterocycles. The molecule has 2 aliphatic rings. The number of hydrogen-bond donors (Lipinski definition) is 0. The van der Waals surface area contributed by atoms with Gasteiger partial charge >= 0.3 is 47.8 Å². The smallest absolute Gasteiger partial charge is 0.340 e. The molecule has 0 N–H and O–H groups in total. The summed E-state index contributed by atoms with van der Waals surface area (Å²) < 4.78 is 77.1. The minimum absolute atomic E-state index is 0.00805. The lowest BCUT2D eigenvalue weighted by atomic mass is 9.95. The first-order valence-corrected chi connectivity index (χ1v) is 36.9. The molecule has 0 aliphatic carbocycles. The normalized spacial score (nSPS) is 20.6. The number of hydrogen-bond acceptors (Lipinski definition) is 19. The molecule has 10 rings (SSSR count). The van der Waals surface area contributed by atoms with Crippen molar-refractivity contribution in [2.24, 2.45) is 0 Å². The van der Waals surface area contributed by atoms with Crippen molar-refractivity contribution >= 4 is 228 Å². The van der Waals surface area contributed by atoms with Crippen molar-refractivity contribution in [2.75, 3.05) is 13.2 Å². The quantitative estimate of drug-likeness (QED) is 0.0391. The highest BCUT2D eigenvalue weighted by Crippen LogP contribution is 2.38. The largest absolute Gasteiger partial charge is 0.459 e. The Labute approximate surface area is 652 Å². The van der Waals surface area contributed by atoms with E-state index in [1.165, 1.54) is 97.1 Å². The second kappa shape index (κ2) is 34.3. The summed E-state index contributed by atoms with van der Waals surface area (Å²) >= 11 is 16.5. The molecule has 95 heavy (non-hydrogen) atoms. The predicted octanol–water partition coefficient (Wildman–Crippen LogP) is 14.4. The third-order valence-corrected chi connectivity index (χ3v) is 20.1. The first kappa shape index (κ1) is 73.0. The summed E-state index contributed by atoms with van der Waals surface area (Å²) in [5.41, 5.74) is 0.173. The second-order valence-electron chi connectivity index (χ2n) is 20.7. The maximum absolute atomic E-state index is 15.0. The van der Waals surface area contributed by atoms with Gasteiger partial charge in [0.15, 0.2) is 30.7 Å². The van der Waals surface area contributed by atoms with Gasteiger partial charge in [-0.2, -0.15) is 0 Å². The summed E-state index contributed by atoms with van der Waals surface area (Å²) in [6, 6.07) is 50.2. The van der Waals surface area contributed by atoms with E-state index in [0.29, 0.717) is 0 Å². The van der Waals surface area contributed by atoms with Gasteiger partial charge in [0, 0.05) is 28.6 Å². The molecule has 488 valence electrons. The van der Waals surface area contributed by atoms with Crippen LogP contribution in [0.2, 0.25) is 0 Å². The van der Waals surface area contributed by atoms with E-state index in [1.807, 2.05) is 0 Å². The van der Waals surface area contributed by atoms with E-state index >= 15 is 0 Å². The van der Waals surface area contributed by atoms with Gasteiger partial charge in [-0.1, -0.05) is 0 Å². The van der Waals surface area contributed by atoms with Crippen LogP contribution in [0.15, 0.2) is 194 Å². The third kappa shape index (κ3) is 19.8. The predicted molar refractivity (Wildman–Crippen MR) is 407 cm³/mol. The molecule has 0 bridgehead atoms. The molecule has 2 fully saturated rings. The molecule has 0 aromatic heterocycles. The lowest BCUT2D eigenvalue weighted by Crippen LogP contribution is -2.67. The van der Waals surface area contributed by atoms with Crippen LogP contribution in [0.25, 0.3) is 0 Å². The zero-order chi connectivity index (χ0) is 67.4. The van der Waals surface area contributed by atoms with E-state index in [4.69, 9.17) is 52.1 Å². The number of rotatable bonds is 20. The summed E-state index contributed by atoms with van der Waals surface area (Å²) in [5.74, 6) is -7.90. The van der Waals surface area contributed by atoms with E-state index < -0.39 is 122 Å². The third-order valence-electron chi connectivity index (χ3n) is 14.3. The van der Waals surface area contributed by atoms with E-state index in [2.05, 4.69) is 181 Å². The molecule has 0 radical (unpaired) electrons. The van der Waals surface area contributed by atoms with Crippen molar-refractivity contribution in [3.8, 4) is 0 Å². The molecule has 0 saturated carbocycles. The Morgan fingerprint density at radius 3 is 0.726 bits per heavy atom. The SMILES string of the molecule is O=C(OCC1OC(OC(=O)c2ccc(I)cc2)C(OC(=O)c2ccc(I)cc2)[C@@H](OC(=O)c2ccc(I)cc2)[C@@H]1O[C@@H]1OC(COC(=O)c2ccc(I)cc2)[C@H](OC(=O)c2ccc(I)cc2)[C@H](OC(=O)c2ccc(I)cc2)C1OC(=O)c1ccc(I)cc1)c1ccc(I)cc1. The summed E-state index contributed by atoms with van der Waals surface area (Å²) in [7, 11) is 0. The average Bonchev–Trinajstić information content (AvgIpc) is 0.767. The lowest BCUT2D eigenvalue weighted by Gasteiger charge is -2.48. The Kier molecular flexibility index (Phi) is 26.4. The highest BCUT2D eigenvalue weighted by Gasteiger charge is 2.59. The number of carbonyl (C=O) groups excluding carboxylic acids is 8. The van der Waals surface area contributed by atoms with Crippen LogP contribution in [-0.4, -0.2) is 122 Å². The molecule has 0 amide bonds. The number of esters is 8. The van der Waals surface area contributed by atoms with Gasteiger partial charge in [-0.15, -0.1) is 0 Å². The van der Waals surface area contributed by atoms with Gasteiger partial charge in [-0.3, -0.25) is 0 Å². The molecular formula is C68H46I8O19. The molecule has 0 spiro atoms. The van der Waals surface area contributed by atoms with Gasteiger partial charge < -0.3 is 52.1 Å². The maximum Gasteiger partial charge on any atom is 0.340 e. The van der Waals surface area contributed by atoms with E-state index in [9.17, 15) is 38.4 Å². The van der Waals surface area contributed by atoms with Crippen LogP contribution < -0.4 is 0 Å². The summed E-state index contributed by atoms with van der Waals surface area (Å²) in [5, 5.41) is 0. The van der Waals surface area contributed by atoms with Crippen LogP contribution in [0.5, 0.6) is 0 Å². The fourth-order valence-corrected chi connectivity index (χ4v) is 12.4. The summed E-state index contributed by atoms with van der Waals surface area (Å²) in [6.45, 7) is -1.61. The van der Waals surface area contributed by atoms with E-state index in [0.717, 1.165) is 28.6 Å². The fourth-order valence-electron chi connectivity index (χ4n) is 9.51. The van der Waals surface area contributed by atoms with Crippen molar-refractivity contribution in [1.29, 1.82) is 0 Å². The zero-order valence-corrected chi connectivity index (χ0v) is 65.7. The molecule has 27 heteroatoms. The Morgan fingerprint density at radius 1 is 0.242 bits per heavy atom. The van der Waals surface area contributed by atoms with Crippen molar-refractivity contribution in [1.82, 2.24) is 0 Å². The molecule has 8 aromatic carbocycles. The van der Waals surface area contributed by atoms with Crippen LogP contribution in [0.3, 0.4) is 0 Å². The fraction of sp³-hybridized carbons (Fsp3) is 0.176. The molecule has 10 atom stereocenters. The Bertz CT molecular complexity index is 4070.